The number of hydrogen-bond donors (Lipinski definition) is 0. The average Bonchev–Trinajstić information content (AvgIpc) is 2.12. The van der Waals surface area contributed by atoms with E-state index in [4.69, 9.17) is 9.47 Å². The molecule has 12 heavy (non-hydrogen) atoms. The van der Waals surface area contributed by atoms with Gasteiger partial charge in [-0.2, -0.15) is 0 Å². The van der Waals surface area contributed by atoms with Gasteiger partial charge in [-0.25, -0.2) is 0 Å². The van der Waals surface area contributed by atoms with E-state index < -0.39 is 0 Å². The Morgan fingerprint density at radius 2 is 1.83 bits per heavy atom. The molecule has 0 amide bonds. The molecule has 0 N–H and O–H groups in total. The first-order valence-corrected chi connectivity index (χ1v) is 3.28. The summed E-state index contributed by atoms with van der Waals surface area (Å²) in [6.07, 6.45) is 2.09. The molecule has 3 nitrogen and oxygen atoms in total. The largest absolute Gasteiger partial charge is 0.497 e. The van der Waals surface area contributed by atoms with E-state index in [9.17, 15) is 4.79 Å². The summed E-state index contributed by atoms with van der Waals surface area (Å²) < 4.78 is 9.51. The molecule has 0 atom stereocenters. The minimum absolute atomic E-state index is 0.295. The summed E-state index contributed by atoms with van der Waals surface area (Å²) in [5.41, 5.74) is 0.323. The molecule has 0 saturated heterocycles. The summed E-state index contributed by atoms with van der Waals surface area (Å²) in [5.74, 6) is 0.679. The van der Waals surface area contributed by atoms with Crippen LogP contribution in [0.25, 0.3) is 0 Å². The van der Waals surface area contributed by atoms with E-state index in [1.54, 1.807) is 0 Å². The van der Waals surface area contributed by atoms with Gasteiger partial charge in [0.05, 0.1) is 19.8 Å². The maximum atomic E-state index is 10.5. The van der Waals surface area contributed by atoms with Crippen LogP contribution in [0.1, 0.15) is 0 Å². The lowest BCUT2D eigenvalue weighted by Gasteiger charge is -2.03. The van der Waals surface area contributed by atoms with E-state index >= 15 is 0 Å². The number of ether oxygens (including phenoxy) is 2. The maximum Gasteiger partial charge on any atom is 0.153 e. The van der Waals surface area contributed by atoms with E-state index in [1.165, 1.54) is 20.3 Å². The minimum Gasteiger partial charge on any atom is -0.497 e. The third kappa shape index (κ3) is 3.05. The van der Waals surface area contributed by atoms with Crippen LogP contribution in [0.2, 0.25) is 0 Å². The first kappa shape index (κ1) is 10.5. The molecule has 0 aliphatic rings. The molecule has 0 saturated carbocycles. The van der Waals surface area contributed by atoms with Crippen molar-refractivity contribution in [2.45, 2.75) is 0 Å². The van der Waals surface area contributed by atoms with Gasteiger partial charge in [0.25, 0.3) is 0 Å². The highest BCUT2D eigenvalue weighted by Gasteiger charge is 2.01. The van der Waals surface area contributed by atoms with Crippen LogP contribution in [-0.4, -0.2) is 20.5 Å². The molecular weight excluding hydrogens is 156 g/mol. The fraction of sp³-hybridized carbons (Fsp3) is 0.222. The number of aldehydes is 1. The summed E-state index contributed by atoms with van der Waals surface area (Å²) in [6, 6.07) is 0. The molecule has 66 valence electrons. The second kappa shape index (κ2) is 5.18. The topological polar surface area (TPSA) is 35.5 Å². The number of carbonyl (C=O) groups is 1. The molecule has 0 aromatic rings. The van der Waals surface area contributed by atoms with Gasteiger partial charge in [-0.1, -0.05) is 13.2 Å². The number of methoxy groups -OCH3 is 2. The van der Waals surface area contributed by atoms with Crippen LogP contribution in [0.5, 0.6) is 0 Å². The van der Waals surface area contributed by atoms with Crippen LogP contribution in [0, 0.1) is 0 Å². The Bertz CT molecular complexity index is 226. The van der Waals surface area contributed by atoms with Crippen molar-refractivity contribution in [1.82, 2.24) is 0 Å². The van der Waals surface area contributed by atoms with Crippen molar-refractivity contribution in [1.29, 1.82) is 0 Å². The third-order valence-electron chi connectivity index (χ3n) is 1.27. The molecule has 0 fully saturated rings. The van der Waals surface area contributed by atoms with Gasteiger partial charge in [-0.05, 0) is 6.08 Å². The van der Waals surface area contributed by atoms with E-state index in [-0.39, 0.29) is 0 Å². The lowest BCUT2D eigenvalue weighted by Crippen LogP contribution is -1.93. The van der Waals surface area contributed by atoms with E-state index in [0.29, 0.717) is 23.4 Å². The zero-order chi connectivity index (χ0) is 9.56. The number of carbonyl (C=O) groups excluding carboxylic acids is 1. The fourth-order valence-electron chi connectivity index (χ4n) is 0.530. The SMILES string of the molecule is C=C(/C=C(/C=O)C(=C)OC)OC. The average molecular weight is 168 g/mol. The molecule has 0 unspecified atom stereocenters. The molecule has 0 spiro atoms. The van der Waals surface area contributed by atoms with Crippen molar-refractivity contribution in [3.8, 4) is 0 Å². The second-order valence-electron chi connectivity index (χ2n) is 2.02. The lowest BCUT2D eigenvalue weighted by molar-refractivity contribution is -0.105. The number of hydrogen-bond acceptors (Lipinski definition) is 3. The van der Waals surface area contributed by atoms with Crippen LogP contribution < -0.4 is 0 Å². The summed E-state index contributed by atoms with van der Waals surface area (Å²) in [4.78, 5) is 10.5. The molecule has 0 heterocycles. The third-order valence-corrected chi connectivity index (χ3v) is 1.27. The molecule has 0 rings (SSSR count). The highest BCUT2D eigenvalue weighted by molar-refractivity contribution is 5.79. The van der Waals surface area contributed by atoms with Gasteiger partial charge >= 0.3 is 0 Å². The Labute approximate surface area is 72.0 Å². The van der Waals surface area contributed by atoms with Gasteiger partial charge in [-0.3, -0.25) is 4.79 Å². The van der Waals surface area contributed by atoms with Crippen molar-refractivity contribution >= 4 is 6.29 Å². The van der Waals surface area contributed by atoms with Crippen LogP contribution in [0.4, 0.5) is 0 Å². The van der Waals surface area contributed by atoms with Crippen molar-refractivity contribution in [2.24, 2.45) is 0 Å². The van der Waals surface area contributed by atoms with Gasteiger partial charge in [0, 0.05) is 0 Å². The monoisotopic (exact) mass is 168 g/mol. The van der Waals surface area contributed by atoms with Crippen LogP contribution in [0.3, 0.4) is 0 Å². The summed E-state index contributed by atoms with van der Waals surface area (Å²) in [5, 5.41) is 0. The highest BCUT2D eigenvalue weighted by Crippen LogP contribution is 2.08. The normalized spacial score (nSPS) is 10.3. The highest BCUT2D eigenvalue weighted by atomic mass is 16.5. The van der Waals surface area contributed by atoms with Gasteiger partial charge in [0.2, 0.25) is 0 Å². The molecule has 0 aliphatic heterocycles. The molecule has 0 aromatic heterocycles. The van der Waals surface area contributed by atoms with Crippen molar-refractivity contribution in [3.63, 3.8) is 0 Å². The zero-order valence-electron chi connectivity index (χ0n) is 7.29. The van der Waals surface area contributed by atoms with E-state index in [1.807, 2.05) is 0 Å². The smallest absolute Gasteiger partial charge is 0.153 e. The lowest BCUT2D eigenvalue weighted by atomic mass is 10.2. The molecular formula is C9H12O3. The van der Waals surface area contributed by atoms with E-state index in [0.717, 1.165) is 0 Å². The van der Waals surface area contributed by atoms with Crippen LogP contribution in [0.15, 0.2) is 36.3 Å². The van der Waals surface area contributed by atoms with Crippen molar-refractivity contribution in [2.75, 3.05) is 14.2 Å². The van der Waals surface area contributed by atoms with Crippen LogP contribution in [-0.2, 0) is 14.3 Å². The van der Waals surface area contributed by atoms with Gasteiger partial charge < -0.3 is 9.47 Å². The summed E-state index contributed by atoms with van der Waals surface area (Å²) >= 11 is 0. The Hall–Kier alpha value is -1.51. The Morgan fingerprint density at radius 3 is 2.17 bits per heavy atom. The standard InChI is InChI=1S/C9H12O3/c1-7(11-3)5-9(6-10)8(2)12-4/h5-6H,1-2H2,3-4H3/b9-5-. The second-order valence-corrected chi connectivity index (χ2v) is 2.02. The number of rotatable bonds is 5. The van der Waals surface area contributed by atoms with Crippen molar-refractivity contribution in [3.05, 3.63) is 36.3 Å². The van der Waals surface area contributed by atoms with Crippen LogP contribution >= 0.6 is 0 Å². The van der Waals surface area contributed by atoms with Crippen molar-refractivity contribution < 1.29 is 14.3 Å². The van der Waals surface area contributed by atoms with Gasteiger partial charge in [0.15, 0.2) is 6.29 Å². The molecule has 0 radical (unpaired) electrons. The van der Waals surface area contributed by atoms with Gasteiger partial charge in [-0.15, -0.1) is 0 Å². The number of allylic oxidation sites excluding steroid dienone is 2. The molecule has 0 aromatic carbocycles. The predicted octanol–water partition coefficient (Wildman–Crippen LogP) is 1.43. The summed E-state index contributed by atoms with van der Waals surface area (Å²) in [6.45, 7) is 7.04. The Kier molecular flexibility index (Phi) is 4.53. The molecule has 0 bridgehead atoms. The quantitative estimate of drug-likeness (QED) is 0.269. The minimum atomic E-state index is 0.295. The Balaban J connectivity index is 4.54. The molecule has 0 aliphatic carbocycles. The predicted molar refractivity (Wildman–Crippen MR) is 46.4 cm³/mol. The zero-order valence-corrected chi connectivity index (χ0v) is 7.29. The van der Waals surface area contributed by atoms with E-state index in [2.05, 4.69) is 13.2 Å². The van der Waals surface area contributed by atoms with Gasteiger partial charge in [0.1, 0.15) is 11.5 Å². The maximum absolute atomic E-state index is 10.5. The fourth-order valence-corrected chi connectivity index (χ4v) is 0.530. The summed E-state index contributed by atoms with van der Waals surface area (Å²) in [7, 11) is 2.91. The Morgan fingerprint density at radius 1 is 1.25 bits per heavy atom. The first-order valence-electron chi connectivity index (χ1n) is 3.28. The first-order chi connectivity index (χ1) is 5.65. The molecule has 3 heteroatoms.